The molecule has 0 radical (unpaired) electrons. The molecule has 19 heavy (non-hydrogen) atoms. The second kappa shape index (κ2) is 6.07. The van der Waals surface area contributed by atoms with Crippen LogP contribution in [0.25, 0.3) is 0 Å². The first kappa shape index (κ1) is 14.6. The van der Waals surface area contributed by atoms with Crippen molar-refractivity contribution in [3.05, 3.63) is 23.7 Å². The van der Waals surface area contributed by atoms with Crippen LogP contribution in [0.1, 0.15) is 39.0 Å². The van der Waals surface area contributed by atoms with Crippen LogP contribution in [-0.2, 0) is 17.8 Å². The van der Waals surface area contributed by atoms with Crippen molar-refractivity contribution in [1.82, 2.24) is 10.2 Å². The molecule has 4 heteroatoms. The molecule has 0 aromatic carbocycles. The Balaban J connectivity index is 2.00. The highest BCUT2D eigenvalue weighted by molar-refractivity contribution is 5.17. The summed E-state index contributed by atoms with van der Waals surface area (Å²) in [6.07, 6.45) is 1.79. The van der Waals surface area contributed by atoms with Crippen LogP contribution < -0.4 is 5.32 Å². The molecule has 0 amide bonds. The average molecular weight is 266 g/mol. The number of hydrogen-bond donors (Lipinski definition) is 1. The van der Waals surface area contributed by atoms with Gasteiger partial charge in [-0.1, -0.05) is 13.8 Å². The van der Waals surface area contributed by atoms with Gasteiger partial charge in [0.05, 0.1) is 26.0 Å². The Kier molecular flexibility index (Phi) is 4.66. The third kappa shape index (κ3) is 3.81. The van der Waals surface area contributed by atoms with E-state index in [4.69, 9.17) is 9.15 Å². The van der Waals surface area contributed by atoms with E-state index in [1.165, 1.54) is 5.56 Å². The molecule has 0 spiro atoms. The van der Waals surface area contributed by atoms with Crippen molar-refractivity contribution >= 4 is 0 Å². The predicted molar refractivity (Wildman–Crippen MR) is 76.0 cm³/mol. The quantitative estimate of drug-likeness (QED) is 0.888. The van der Waals surface area contributed by atoms with Gasteiger partial charge in [-0.2, -0.15) is 0 Å². The highest BCUT2D eigenvalue weighted by atomic mass is 16.5. The van der Waals surface area contributed by atoms with Crippen molar-refractivity contribution in [2.75, 3.05) is 19.8 Å². The van der Waals surface area contributed by atoms with E-state index < -0.39 is 0 Å². The number of furan rings is 1. The molecule has 108 valence electrons. The monoisotopic (exact) mass is 266 g/mol. The van der Waals surface area contributed by atoms with Crippen LogP contribution in [0.5, 0.6) is 0 Å². The van der Waals surface area contributed by atoms with Gasteiger partial charge in [-0.05, 0) is 19.9 Å². The Bertz CT molecular complexity index is 399. The molecule has 0 unspecified atom stereocenters. The second-order valence-corrected chi connectivity index (χ2v) is 6.19. The van der Waals surface area contributed by atoms with Crippen molar-refractivity contribution in [2.24, 2.45) is 0 Å². The van der Waals surface area contributed by atoms with Crippen LogP contribution in [0.15, 0.2) is 16.7 Å². The molecule has 1 fully saturated rings. The van der Waals surface area contributed by atoms with Crippen LogP contribution >= 0.6 is 0 Å². The van der Waals surface area contributed by atoms with E-state index in [1.54, 1.807) is 6.26 Å². The van der Waals surface area contributed by atoms with Crippen LogP contribution in [0.3, 0.4) is 0 Å². The maximum Gasteiger partial charge on any atom is 0.122 e. The van der Waals surface area contributed by atoms with Gasteiger partial charge in [-0.3, -0.25) is 4.90 Å². The average Bonchev–Trinajstić information content (AvgIpc) is 2.76. The summed E-state index contributed by atoms with van der Waals surface area (Å²) in [6.45, 7) is 13.0. The first-order valence-corrected chi connectivity index (χ1v) is 7.10. The zero-order chi connectivity index (χ0) is 13.9. The van der Waals surface area contributed by atoms with E-state index in [0.29, 0.717) is 6.04 Å². The minimum absolute atomic E-state index is 0.0772. The highest BCUT2D eigenvalue weighted by Crippen LogP contribution is 2.23. The molecule has 1 saturated heterocycles. The summed E-state index contributed by atoms with van der Waals surface area (Å²) in [7, 11) is 0. The molecule has 0 saturated carbocycles. The van der Waals surface area contributed by atoms with Gasteiger partial charge in [0.2, 0.25) is 0 Å². The van der Waals surface area contributed by atoms with Crippen molar-refractivity contribution in [3.8, 4) is 0 Å². The molecular formula is C15H26N2O2. The van der Waals surface area contributed by atoms with E-state index in [0.717, 1.165) is 38.6 Å². The molecule has 1 aliphatic heterocycles. The number of rotatable bonds is 5. The minimum atomic E-state index is 0.0772. The lowest BCUT2D eigenvalue weighted by Crippen LogP contribution is -2.52. The molecule has 1 N–H and O–H groups in total. The summed E-state index contributed by atoms with van der Waals surface area (Å²) in [5.41, 5.74) is 1.34. The Labute approximate surface area is 116 Å². The fourth-order valence-electron chi connectivity index (χ4n) is 2.33. The molecule has 2 rings (SSSR count). The summed E-state index contributed by atoms with van der Waals surface area (Å²) in [5.74, 6) is 1.07. The van der Waals surface area contributed by atoms with Crippen LogP contribution in [0, 0.1) is 0 Å². The van der Waals surface area contributed by atoms with Crippen molar-refractivity contribution in [2.45, 2.75) is 52.4 Å². The van der Waals surface area contributed by atoms with Crippen LogP contribution in [-0.4, -0.2) is 36.2 Å². The Morgan fingerprint density at radius 2 is 2.21 bits per heavy atom. The van der Waals surface area contributed by atoms with Gasteiger partial charge in [0.15, 0.2) is 0 Å². The van der Waals surface area contributed by atoms with Gasteiger partial charge in [0, 0.05) is 30.2 Å². The maximum absolute atomic E-state index is 5.67. The summed E-state index contributed by atoms with van der Waals surface area (Å²) in [5, 5.41) is 3.44. The van der Waals surface area contributed by atoms with Gasteiger partial charge < -0.3 is 14.5 Å². The number of hydrogen-bond acceptors (Lipinski definition) is 4. The lowest BCUT2D eigenvalue weighted by Gasteiger charge is -2.41. The molecule has 1 aliphatic rings. The van der Waals surface area contributed by atoms with E-state index in [9.17, 15) is 0 Å². The number of nitrogens with one attached hydrogen (secondary N) is 1. The Hall–Kier alpha value is -0.840. The van der Waals surface area contributed by atoms with Crippen LogP contribution in [0.2, 0.25) is 0 Å². The summed E-state index contributed by atoms with van der Waals surface area (Å²) < 4.78 is 11.2. The normalized spacial score (nSPS) is 20.1. The van der Waals surface area contributed by atoms with Gasteiger partial charge in [-0.15, -0.1) is 0 Å². The third-order valence-corrected chi connectivity index (χ3v) is 3.69. The van der Waals surface area contributed by atoms with Gasteiger partial charge in [0.1, 0.15) is 5.76 Å². The molecule has 1 aromatic heterocycles. The topological polar surface area (TPSA) is 37.6 Å². The highest BCUT2D eigenvalue weighted by Gasteiger charge is 2.31. The summed E-state index contributed by atoms with van der Waals surface area (Å²) in [6, 6.07) is 2.56. The minimum Gasteiger partial charge on any atom is -0.468 e. The summed E-state index contributed by atoms with van der Waals surface area (Å²) in [4.78, 5) is 2.44. The molecule has 0 atom stereocenters. The molecular weight excluding hydrogens is 240 g/mol. The zero-order valence-corrected chi connectivity index (χ0v) is 12.5. The largest absolute Gasteiger partial charge is 0.468 e. The summed E-state index contributed by atoms with van der Waals surface area (Å²) >= 11 is 0. The predicted octanol–water partition coefficient (Wildman–Crippen LogP) is 2.39. The lowest BCUT2D eigenvalue weighted by molar-refractivity contribution is -0.0578. The van der Waals surface area contributed by atoms with Crippen LogP contribution in [0.4, 0.5) is 0 Å². The van der Waals surface area contributed by atoms with Crippen molar-refractivity contribution in [1.29, 1.82) is 0 Å². The van der Waals surface area contributed by atoms with Gasteiger partial charge in [-0.25, -0.2) is 0 Å². The molecule has 4 nitrogen and oxygen atoms in total. The Morgan fingerprint density at radius 1 is 1.42 bits per heavy atom. The van der Waals surface area contributed by atoms with Gasteiger partial charge in [0.25, 0.3) is 0 Å². The Morgan fingerprint density at radius 3 is 2.89 bits per heavy atom. The number of nitrogens with zero attached hydrogens (tertiary/aromatic N) is 1. The van der Waals surface area contributed by atoms with Gasteiger partial charge >= 0.3 is 0 Å². The van der Waals surface area contributed by atoms with Crippen molar-refractivity contribution < 1.29 is 9.15 Å². The fraction of sp³-hybridized carbons (Fsp3) is 0.733. The molecule has 0 bridgehead atoms. The maximum atomic E-state index is 5.67. The smallest absolute Gasteiger partial charge is 0.122 e. The standard InChI is InChI=1S/C15H26N2O2/c1-12(2)16-9-13-5-7-19-14(13)10-17-6-8-18-11-15(17,3)4/h5,7,12,16H,6,8-11H2,1-4H3. The molecule has 2 heterocycles. The van der Waals surface area contributed by atoms with E-state index >= 15 is 0 Å². The fourth-order valence-corrected chi connectivity index (χ4v) is 2.33. The third-order valence-electron chi connectivity index (χ3n) is 3.69. The number of ether oxygens (including phenoxy) is 1. The second-order valence-electron chi connectivity index (χ2n) is 6.19. The lowest BCUT2D eigenvalue weighted by atomic mass is 10.0. The molecule has 1 aromatic rings. The SMILES string of the molecule is CC(C)NCc1ccoc1CN1CCOCC1(C)C. The molecule has 0 aliphatic carbocycles. The number of morpholine rings is 1. The van der Waals surface area contributed by atoms with E-state index in [2.05, 4.69) is 44.0 Å². The van der Waals surface area contributed by atoms with E-state index in [-0.39, 0.29) is 5.54 Å². The van der Waals surface area contributed by atoms with Crippen molar-refractivity contribution in [3.63, 3.8) is 0 Å². The first-order chi connectivity index (χ1) is 8.99. The van der Waals surface area contributed by atoms with E-state index in [1.807, 2.05) is 0 Å². The zero-order valence-electron chi connectivity index (χ0n) is 12.5. The first-order valence-electron chi connectivity index (χ1n) is 7.10.